The van der Waals surface area contributed by atoms with Crippen molar-refractivity contribution in [3.63, 3.8) is 0 Å². The van der Waals surface area contributed by atoms with Crippen molar-refractivity contribution in [2.24, 2.45) is 0 Å². The third-order valence-corrected chi connectivity index (χ3v) is 1.15. The lowest BCUT2D eigenvalue weighted by atomic mass is 10.2. The molecule has 1 saturated heterocycles. The Morgan fingerprint density at radius 3 is 2.67 bits per heavy atom. The van der Waals surface area contributed by atoms with Crippen molar-refractivity contribution in [1.29, 1.82) is 0 Å². The molecule has 1 rings (SSSR count). The highest BCUT2D eigenvalue weighted by Gasteiger charge is 2.31. The van der Waals surface area contributed by atoms with Crippen LogP contribution in [0.15, 0.2) is 0 Å². The summed E-state index contributed by atoms with van der Waals surface area (Å²) in [5, 5.41) is 8.24. The number of hydrogen-bond acceptors (Lipinski definition) is 3. The number of carboxylic acid groups (broad SMARTS) is 1. The smallest absolute Gasteiger partial charge is 0.340 e. The average Bonchev–Trinajstić information content (AvgIpc) is 2.13. The molecule has 0 spiro atoms. The SMILES string of the molecule is O=C(O)C1OCCC1=O. The van der Waals surface area contributed by atoms with E-state index in [9.17, 15) is 9.59 Å². The van der Waals surface area contributed by atoms with Gasteiger partial charge >= 0.3 is 5.97 Å². The Labute approximate surface area is 51.4 Å². The Morgan fingerprint density at radius 2 is 2.44 bits per heavy atom. The summed E-state index contributed by atoms with van der Waals surface area (Å²) in [7, 11) is 0. The van der Waals surface area contributed by atoms with Crippen molar-refractivity contribution < 1.29 is 19.4 Å². The molecule has 1 heterocycles. The van der Waals surface area contributed by atoms with Crippen LogP contribution in [0.1, 0.15) is 6.42 Å². The van der Waals surface area contributed by atoms with E-state index in [1.807, 2.05) is 0 Å². The van der Waals surface area contributed by atoms with Crippen LogP contribution in [-0.2, 0) is 14.3 Å². The Kier molecular flexibility index (Phi) is 1.48. The zero-order chi connectivity index (χ0) is 6.85. The van der Waals surface area contributed by atoms with E-state index in [2.05, 4.69) is 4.74 Å². The van der Waals surface area contributed by atoms with Gasteiger partial charge in [-0.15, -0.1) is 0 Å². The first-order chi connectivity index (χ1) is 4.22. The summed E-state index contributed by atoms with van der Waals surface area (Å²) in [6, 6.07) is 0. The van der Waals surface area contributed by atoms with Gasteiger partial charge in [-0.25, -0.2) is 4.79 Å². The van der Waals surface area contributed by atoms with Gasteiger partial charge in [0.25, 0.3) is 0 Å². The second-order valence-corrected chi connectivity index (χ2v) is 1.81. The molecule has 1 fully saturated rings. The summed E-state index contributed by atoms with van der Waals surface area (Å²) in [4.78, 5) is 20.6. The van der Waals surface area contributed by atoms with E-state index in [0.29, 0.717) is 0 Å². The van der Waals surface area contributed by atoms with Crippen molar-refractivity contribution in [1.82, 2.24) is 0 Å². The fourth-order valence-electron chi connectivity index (χ4n) is 0.710. The van der Waals surface area contributed by atoms with Gasteiger partial charge in [0.2, 0.25) is 6.10 Å². The minimum absolute atomic E-state index is 0.233. The molecular formula is C5H6O4. The molecule has 9 heavy (non-hydrogen) atoms. The molecule has 4 nitrogen and oxygen atoms in total. The number of ketones is 1. The van der Waals surface area contributed by atoms with E-state index >= 15 is 0 Å². The first-order valence-corrected chi connectivity index (χ1v) is 2.59. The fourth-order valence-corrected chi connectivity index (χ4v) is 0.710. The van der Waals surface area contributed by atoms with Gasteiger partial charge in [-0.2, -0.15) is 0 Å². The van der Waals surface area contributed by atoms with Crippen LogP contribution in [-0.4, -0.2) is 29.6 Å². The van der Waals surface area contributed by atoms with Gasteiger partial charge < -0.3 is 9.84 Å². The topological polar surface area (TPSA) is 63.6 Å². The molecule has 0 saturated carbocycles. The maximum atomic E-state index is 10.5. The number of aliphatic carboxylic acids is 1. The molecule has 0 aromatic carbocycles. The molecule has 4 heteroatoms. The first kappa shape index (κ1) is 6.22. The minimum atomic E-state index is -1.19. The van der Waals surface area contributed by atoms with Gasteiger partial charge in [-0.1, -0.05) is 0 Å². The monoisotopic (exact) mass is 130 g/mol. The van der Waals surface area contributed by atoms with E-state index in [0.717, 1.165) is 0 Å². The lowest BCUT2D eigenvalue weighted by molar-refractivity contribution is -0.150. The largest absolute Gasteiger partial charge is 0.479 e. The molecule has 0 aliphatic carbocycles. The zero-order valence-corrected chi connectivity index (χ0v) is 4.66. The van der Waals surface area contributed by atoms with Gasteiger partial charge in [-0.3, -0.25) is 4.79 Å². The molecular weight excluding hydrogens is 124 g/mol. The Balaban J connectivity index is 2.60. The van der Waals surface area contributed by atoms with Crippen LogP contribution in [0.2, 0.25) is 0 Å². The Bertz CT molecular complexity index is 151. The van der Waals surface area contributed by atoms with E-state index in [4.69, 9.17) is 5.11 Å². The highest BCUT2D eigenvalue weighted by Crippen LogP contribution is 2.07. The van der Waals surface area contributed by atoms with Crippen molar-refractivity contribution in [3.8, 4) is 0 Å². The van der Waals surface area contributed by atoms with Gasteiger partial charge in [-0.05, 0) is 0 Å². The molecule has 1 aliphatic heterocycles. The lowest BCUT2D eigenvalue weighted by Gasteiger charge is -1.97. The van der Waals surface area contributed by atoms with Crippen LogP contribution in [0.3, 0.4) is 0 Å². The van der Waals surface area contributed by atoms with Crippen LogP contribution in [0, 0.1) is 0 Å². The maximum Gasteiger partial charge on any atom is 0.340 e. The van der Waals surface area contributed by atoms with Crippen LogP contribution in [0.25, 0.3) is 0 Å². The van der Waals surface area contributed by atoms with Crippen LogP contribution >= 0.6 is 0 Å². The van der Waals surface area contributed by atoms with Gasteiger partial charge in [0, 0.05) is 6.42 Å². The third-order valence-electron chi connectivity index (χ3n) is 1.15. The molecule has 0 bridgehead atoms. The second-order valence-electron chi connectivity index (χ2n) is 1.81. The van der Waals surface area contributed by atoms with Crippen molar-refractivity contribution in [3.05, 3.63) is 0 Å². The molecule has 1 unspecified atom stereocenters. The maximum absolute atomic E-state index is 10.5. The number of carboxylic acids is 1. The van der Waals surface area contributed by atoms with Gasteiger partial charge in [0.05, 0.1) is 6.61 Å². The lowest BCUT2D eigenvalue weighted by Crippen LogP contribution is -2.25. The number of hydrogen-bond donors (Lipinski definition) is 1. The summed E-state index contributed by atoms with van der Waals surface area (Å²) < 4.78 is 4.58. The highest BCUT2D eigenvalue weighted by atomic mass is 16.5. The highest BCUT2D eigenvalue weighted by molar-refractivity contribution is 6.02. The number of Topliss-reactive ketones (excluding diaryl/α,β-unsaturated/α-hetero) is 1. The van der Waals surface area contributed by atoms with Crippen molar-refractivity contribution in [2.75, 3.05) is 6.61 Å². The van der Waals surface area contributed by atoms with E-state index in [1.165, 1.54) is 0 Å². The summed E-state index contributed by atoms with van der Waals surface area (Å²) in [6.07, 6.45) is -0.957. The fraction of sp³-hybridized carbons (Fsp3) is 0.600. The Hall–Kier alpha value is -0.900. The summed E-state index contributed by atoms with van der Waals surface area (Å²) in [5.41, 5.74) is 0. The number of rotatable bonds is 1. The molecule has 0 radical (unpaired) electrons. The molecule has 0 amide bonds. The number of ether oxygens (including phenoxy) is 1. The van der Waals surface area contributed by atoms with Crippen LogP contribution in [0.5, 0.6) is 0 Å². The summed E-state index contributed by atoms with van der Waals surface area (Å²) >= 11 is 0. The summed E-state index contributed by atoms with van der Waals surface area (Å²) in [6.45, 7) is 0.246. The Morgan fingerprint density at radius 1 is 1.78 bits per heavy atom. The predicted octanol–water partition coefficient (Wildman–Crippen LogP) is -0.571. The van der Waals surface area contributed by atoms with Gasteiger partial charge in [0.1, 0.15) is 0 Å². The average molecular weight is 130 g/mol. The van der Waals surface area contributed by atoms with E-state index < -0.39 is 12.1 Å². The van der Waals surface area contributed by atoms with Crippen LogP contribution in [0.4, 0.5) is 0 Å². The molecule has 50 valence electrons. The van der Waals surface area contributed by atoms with Crippen LogP contribution < -0.4 is 0 Å². The van der Waals surface area contributed by atoms with Crippen molar-refractivity contribution >= 4 is 11.8 Å². The first-order valence-electron chi connectivity index (χ1n) is 2.59. The van der Waals surface area contributed by atoms with E-state index in [1.54, 1.807) is 0 Å². The predicted molar refractivity (Wildman–Crippen MR) is 27.0 cm³/mol. The van der Waals surface area contributed by atoms with Crippen molar-refractivity contribution in [2.45, 2.75) is 12.5 Å². The third kappa shape index (κ3) is 1.08. The summed E-state index contributed by atoms with van der Waals surface area (Å²) in [5.74, 6) is -1.51. The molecule has 0 aromatic rings. The molecule has 1 atom stereocenters. The van der Waals surface area contributed by atoms with Gasteiger partial charge in [0.15, 0.2) is 5.78 Å². The minimum Gasteiger partial charge on any atom is -0.479 e. The van der Waals surface area contributed by atoms with E-state index in [-0.39, 0.29) is 18.8 Å². The molecule has 1 aliphatic rings. The zero-order valence-electron chi connectivity index (χ0n) is 4.66. The quantitative estimate of drug-likeness (QED) is 0.483. The number of carbonyl (C=O) groups excluding carboxylic acids is 1. The molecule has 1 N–H and O–H groups in total. The normalized spacial score (nSPS) is 26.7. The molecule has 0 aromatic heterocycles. The second kappa shape index (κ2) is 2.14. The number of carbonyl (C=O) groups is 2. The standard InChI is InChI=1S/C5H6O4/c6-3-1-2-9-4(3)5(7)8/h4H,1-2H2,(H,7,8).